The van der Waals surface area contributed by atoms with Crippen molar-refractivity contribution < 1.29 is 13.2 Å². The lowest BCUT2D eigenvalue weighted by Crippen LogP contribution is -2.38. The van der Waals surface area contributed by atoms with Crippen molar-refractivity contribution in [3.8, 4) is 0 Å². The molecule has 5 nitrogen and oxygen atoms in total. The first-order chi connectivity index (χ1) is 12.3. The fourth-order valence-electron chi connectivity index (χ4n) is 3.48. The van der Waals surface area contributed by atoms with Crippen LogP contribution in [0.4, 0.5) is 19.1 Å². The van der Waals surface area contributed by atoms with Crippen LogP contribution in [-0.2, 0) is 6.54 Å². The van der Waals surface area contributed by atoms with Crippen molar-refractivity contribution in [1.82, 2.24) is 19.7 Å². The molecule has 1 aliphatic heterocycles. The number of aromatic nitrogens is 3. The van der Waals surface area contributed by atoms with Crippen LogP contribution in [0, 0.1) is 5.92 Å². The van der Waals surface area contributed by atoms with Gasteiger partial charge in [0, 0.05) is 32.1 Å². The van der Waals surface area contributed by atoms with Gasteiger partial charge >= 0.3 is 6.18 Å². The largest absolute Gasteiger partial charge is 0.401 e. The molecule has 0 radical (unpaired) electrons. The van der Waals surface area contributed by atoms with E-state index in [0.717, 1.165) is 31.2 Å². The topological polar surface area (TPSA) is 37.2 Å². The number of hydrogen-bond donors (Lipinski definition) is 0. The average Bonchev–Trinajstić information content (AvgIpc) is 3.19. The molecule has 1 fully saturated rings. The Morgan fingerprint density at radius 3 is 2.65 bits per heavy atom. The maximum Gasteiger partial charge on any atom is 0.401 e. The molecule has 0 amide bonds. The second-order valence-corrected chi connectivity index (χ2v) is 7.11. The lowest BCUT2D eigenvalue weighted by atomic mass is 10.1. The minimum absolute atomic E-state index is 0.207. The molecule has 148 valence electrons. The molecule has 0 saturated carbocycles. The Bertz CT molecular complexity index is 584. The minimum atomic E-state index is -4.15. The fraction of sp³-hybridized carbons (Fsp3) is 0.778. The normalized spacial score (nSPS) is 19.3. The number of allylic oxidation sites excluding steroid dienone is 1. The number of anilines is 1. The summed E-state index contributed by atoms with van der Waals surface area (Å²) in [6.45, 7) is 12.0. The molecule has 1 aromatic heterocycles. The van der Waals surface area contributed by atoms with Crippen LogP contribution in [0.3, 0.4) is 0 Å². The molecule has 0 N–H and O–H groups in total. The number of rotatable bonds is 9. The zero-order valence-corrected chi connectivity index (χ0v) is 16.0. The van der Waals surface area contributed by atoms with Gasteiger partial charge in [0.25, 0.3) is 0 Å². The summed E-state index contributed by atoms with van der Waals surface area (Å²) < 4.78 is 40.1. The molecular formula is C18H30F3N5. The first-order valence-electron chi connectivity index (χ1n) is 9.37. The fourth-order valence-corrected chi connectivity index (χ4v) is 3.48. The Hall–Kier alpha value is -1.57. The SMILES string of the molecule is C=CCn1c(C(C)CC)nnc1N1CCC(CN(CC)CC(F)(F)F)C1. The smallest absolute Gasteiger partial charge is 0.341 e. The second kappa shape index (κ2) is 8.88. The van der Waals surface area contributed by atoms with Gasteiger partial charge in [0.1, 0.15) is 5.82 Å². The molecule has 0 spiro atoms. The Balaban J connectivity index is 2.06. The summed E-state index contributed by atoms with van der Waals surface area (Å²) in [5.74, 6) is 2.26. The van der Waals surface area contributed by atoms with E-state index in [0.29, 0.717) is 32.1 Å². The van der Waals surface area contributed by atoms with Crippen molar-refractivity contribution in [2.45, 2.75) is 52.3 Å². The van der Waals surface area contributed by atoms with Crippen LogP contribution in [0.1, 0.15) is 45.4 Å². The quantitative estimate of drug-likeness (QED) is 0.619. The summed E-state index contributed by atoms with van der Waals surface area (Å²) >= 11 is 0. The predicted octanol–water partition coefficient (Wildman–Crippen LogP) is 3.69. The predicted molar refractivity (Wildman–Crippen MR) is 97.4 cm³/mol. The van der Waals surface area contributed by atoms with Crippen molar-refractivity contribution in [3.05, 3.63) is 18.5 Å². The Labute approximate surface area is 153 Å². The van der Waals surface area contributed by atoms with Crippen molar-refractivity contribution in [2.75, 3.05) is 37.6 Å². The van der Waals surface area contributed by atoms with E-state index < -0.39 is 12.7 Å². The van der Waals surface area contributed by atoms with Crippen LogP contribution in [0.5, 0.6) is 0 Å². The van der Waals surface area contributed by atoms with Gasteiger partial charge in [-0.05, 0) is 25.3 Å². The van der Waals surface area contributed by atoms with Crippen LogP contribution in [0.25, 0.3) is 0 Å². The average molecular weight is 373 g/mol. The lowest BCUT2D eigenvalue weighted by Gasteiger charge is -2.25. The monoisotopic (exact) mass is 373 g/mol. The standard InChI is InChI=1S/C18H30F3N5/c1-5-9-26-16(14(4)6-2)22-23-17(26)25-10-8-15(12-25)11-24(7-3)13-18(19,20)21/h5,14-15H,1,6-13H2,2-4H3. The van der Waals surface area contributed by atoms with Gasteiger partial charge in [-0.1, -0.05) is 26.8 Å². The lowest BCUT2D eigenvalue weighted by molar-refractivity contribution is -0.146. The molecule has 0 aliphatic carbocycles. The maximum absolute atomic E-state index is 12.7. The van der Waals surface area contributed by atoms with E-state index in [1.807, 2.05) is 6.08 Å². The van der Waals surface area contributed by atoms with Gasteiger partial charge in [0.15, 0.2) is 0 Å². The molecule has 26 heavy (non-hydrogen) atoms. The molecule has 1 aromatic rings. The number of hydrogen-bond acceptors (Lipinski definition) is 4. The van der Waals surface area contributed by atoms with E-state index in [2.05, 4.69) is 40.1 Å². The third-order valence-corrected chi connectivity index (χ3v) is 5.06. The molecule has 2 atom stereocenters. The molecule has 2 heterocycles. The van der Waals surface area contributed by atoms with Crippen molar-refractivity contribution in [1.29, 1.82) is 0 Å². The van der Waals surface area contributed by atoms with Crippen LogP contribution < -0.4 is 4.90 Å². The van der Waals surface area contributed by atoms with E-state index >= 15 is 0 Å². The Morgan fingerprint density at radius 2 is 2.08 bits per heavy atom. The van der Waals surface area contributed by atoms with Gasteiger partial charge in [0.2, 0.25) is 5.95 Å². The molecule has 1 aliphatic rings. The summed E-state index contributed by atoms with van der Waals surface area (Å²) in [4.78, 5) is 3.63. The van der Waals surface area contributed by atoms with Crippen molar-refractivity contribution >= 4 is 5.95 Å². The molecule has 0 bridgehead atoms. The summed E-state index contributed by atoms with van der Waals surface area (Å²) in [6.07, 6.45) is -0.479. The summed E-state index contributed by atoms with van der Waals surface area (Å²) in [6, 6.07) is 0. The van der Waals surface area contributed by atoms with Gasteiger partial charge in [-0.25, -0.2) is 0 Å². The van der Waals surface area contributed by atoms with Crippen molar-refractivity contribution in [3.63, 3.8) is 0 Å². The van der Waals surface area contributed by atoms with E-state index in [4.69, 9.17) is 0 Å². The number of nitrogens with zero attached hydrogens (tertiary/aromatic N) is 5. The summed E-state index contributed by atoms with van der Waals surface area (Å²) in [7, 11) is 0. The van der Waals surface area contributed by atoms with Crippen LogP contribution in [0.2, 0.25) is 0 Å². The summed E-state index contributed by atoms with van der Waals surface area (Å²) in [5.41, 5.74) is 0. The molecular weight excluding hydrogens is 343 g/mol. The highest BCUT2D eigenvalue weighted by atomic mass is 19.4. The van der Waals surface area contributed by atoms with Gasteiger partial charge in [-0.15, -0.1) is 16.8 Å². The third-order valence-electron chi connectivity index (χ3n) is 5.06. The number of alkyl halides is 3. The highest BCUT2D eigenvalue weighted by molar-refractivity contribution is 5.34. The zero-order valence-electron chi connectivity index (χ0n) is 16.0. The van der Waals surface area contributed by atoms with Gasteiger partial charge < -0.3 is 4.90 Å². The molecule has 2 unspecified atom stereocenters. The van der Waals surface area contributed by atoms with Gasteiger partial charge in [0.05, 0.1) is 6.54 Å². The van der Waals surface area contributed by atoms with Crippen molar-refractivity contribution in [2.24, 2.45) is 5.92 Å². The second-order valence-electron chi connectivity index (χ2n) is 7.11. The minimum Gasteiger partial charge on any atom is -0.341 e. The van der Waals surface area contributed by atoms with E-state index in [-0.39, 0.29) is 5.92 Å². The van der Waals surface area contributed by atoms with Crippen LogP contribution >= 0.6 is 0 Å². The molecule has 1 saturated heterocycles. The first-order valence-corrected chi connectivity index (χ1v) is 9.37. The molecule has 2 rings (SSSR count). The Kier molecular flexibility index (Phi) is 7.08. The van der Waals surface area contributed by atoms with E-state index in [9.17, 15) is 13.2 Å². The third kappa shape index (κ3) is 5.22. The Morgan fingerprint density at radius 1 is 1.35 bits per heavy atom. The van der Waals surface area contributed by atoms with Crippen LogP contribution in [-0.4, -0.2) is 58.6 Å². The van der Waals surface area contributed by atoms with E-state index in [1.54, 1.807) is 6.92 Å². The number of halogens is 3. The first kappa shape index (κ1) is 20.7. The van der Waals surface area contributed by atoms with Gasteiger partial charge in [-0.2, -0.15) is 13.2 Å². The van der Waals surface area contributed by atoms with E-state index in [1.165, 1.54) is 4.90 Å². The highest BCUT2D eigenvalue weighted by Crippen LogP contribution is 2.27. The van der Waals surface area contributed by atoms with Crippen LogP contribution in [0.15, 0.2) is 12.7 Å². The van der Waals surface area contributed by atoms with Gasteiger partial charge in [-0.3, -0.25) is 9.47 Å². The molecule has 0 aromatic carbocycles. The summed E-state index contributed by atoms with van der Waals surface area (Å²) in [5, 5.41) is 8.74. The maximum atomic E-state index is 12.7. The zero-order chi connectivity index (χ0) is 19.3. The molecule has 8 heteroatoms. The highest BCUT2D eigenvalue weighted by Gasteiger charge is 2.33.